The predicted molar refractivity (Wildman–Crippen MR) is 98.4 cm³/mol. The van der Waals surface area contributed by atoms with Crippen LogP contribution in [-0.2, 0) is 17.6 Å². The second-order valence-electron chi connectivity index (χ2n) is 5.76. The molecule has 0 aromatic carbocycles. The van der Waals surface area contributed by atoms with Crippen LogP contribution in [0.15, 0.2) is 23.5 Å². The Balaban J connectivity index is 1.42. The molecule has 134 valence electrons. The zero-order chi connectivity index (χ0) is 18.1. The van der Waals surface area contributed by atoms with E-state index in [0.717, 1.165) is 36.2 Å². The van der Waals surface area contributed by atoms with Crippen molar-refractivity contribution in [3.63, 3.8) is 0 Å². The van der Waals surface area contributed by atoms with Crippen molar-refractivity contribution in [2.24, 2.45) is 0 Å². The van der Waals surface area contributed by atoms with Crippen LogP contribution in [0.1, 0.15) is 17.7 Å². The van der Waals surface area contributed by atoms with Crippen LogP contribution in [0, 0.1) is 0 Å². The van der Waals surface area contributed by atoms with Gasteiger partial charge in [-0.05, 0) is 31.4 Å². The normalized spacial score (nSPS) is 13.0. The lowest BCUT2D eigenvalue weighted by Gasteiger charge is -2.05. The van der Waals surface area contributed by atoms with Crippen molar-refractivity contribution in [3.05, 3.63) is 34.6 Å². The van der Waals surface area contributed by atoms with Gasteiger partial charge in [0, 0.05) is 17.5 Å². The van der Waals surface area contributed by atoms with Gasteiger partial charge in [-0.2, -0.15) is 5.10 Å². The van der Waals surface area contributed by atoms with Crippen LogP contribution < -0.4 is 11.2 Å². The average Bonchev–Trinajstić information content (AvgIpc) is 3.32. The molecule has 0 saturated carbocycles. The maximum atomic E-state index is 12.1. The van der Waals surface area contributed by atoms with Crippen LogP contribution >= 0.6 is 23.4 Å². The number of aromatic nitrogens is 6. The van der Waals surface area contributed by atoms with Crippen molar-refractivity contribution in [2.75, 3.05) is 16.9 Å². The molecule has 0 radical (unpaired) electrons. The fraction of sp³-hybridized carbons (Fsp3) is 0.267. The highest BCUT2D eigenvalue weighted by atomic mass is 35.5. The number of rotatable bonds is 5. The van der Waals surface area contributed by atoms with E-state index in [1.54, 1.807) is 12.1 Å². The predicted octanol–water partition coefficient (Wildman–Crippen LogP) is 1.65. The number of nitrogens with two attached hydrogens (primary N) is 1. The topological polar surface area (TPSA) is 127 Å². The minimum absolute atomic E-state index is 0.123. The number of pyridine rings is 1. The first-order chi connectivity index (χ1) is 12.6. The number of amides is 1. The summed E-state index contributed by atoms with van der Waals surface area (Å²) in [6.07, 6.45) is 4.50. The van der Waals surface area contributed by atoms with E-state index < -0.39 is 0 Å². The number of anilines is 1. The number of halogens is 1. The van der Waals surface area contributed by atoms with Crippen LogP contribution in [0.4, 0.5) is 5.82 Å². The maximum Gasteiger partial charge on any atom is 0.236 e. The summed E-state index contributed by atoms with van der Waals surface area (Å²) >= 11 is 6.96. The van der Waals surface area contributed by atoms with Gasteiger partial charge in [0.1, 0.15) is 11.5 Å². The Bertz CT molecular complexity index is 951. The van der Waals surface area contributed by atoms with E-state index >= 15 is 0 Å². The Morgan fingerprint density at radius 3 is 3.08 bits per heavy atom. The number of hydrogen-bond donors (Lipinski definition) is 3. The summed E-state index contributed by atoms with van der Waals surface area (Å²) in [6.45, 7) is 0. The van der Waals surface area contributed by atoms with E-state index in [0.29, 0.717) is 21.8 Å². The molecule has 9 nitrogen and oxygen atoms in total. The lowest BCUT2D eigenvalue weighted by atomic mass is 10.2. The maximum absolute atomic E-state index is 12.1. The zero-order valence-electron chi connectivity index (χ0n) is 13.6. The second kappa shape index (κ2) is 6.96. The quantitative estimate of drug-likeness (QED) is 0.446. The summed E-state index contributed by atoms with van der Waals surface area (Å²) in [4.78, 5) is 16.1. The van der Waals surface area contributed by atoms with E-state index in [1.807, 2.05) is 0 Å². The highest BCUT2D eigenvalue weighted by Crippen LogP contribution is 2.30. The van der Waals surface area contributed by atoms with E-state index in [2.05, 4.69) is 30.7 Å². The van der Waals surface area contributed by atoms with Crippen LogP contribution in [0.5, 0.6) is 0 Å². The molecule has 0 aliphatic heterocycles. The molecule has 1 amide bonds. The number of carbonyl (C=O) groups is 1. The molecular weight excluding hydrogens is 376 g/mol. The zero-order valence-corrected chi connectivity index (χ0v) is 15.1. The van der Waals surface area contributed by atoms with Crippen molar-refractivity contribution in [3.8, 4) is 11.5 Å². The van der Waals surface area contributed by atoms with Crippen LogP contribution in [0.2, 0.25) is 5.02 Å². The number of aromatic amines is 1. The number of nitrogen functional groups attached to an aromatic ring is 1. The third-order valence-electron chi connectivity index (χ3n) is 4.01. The van der Waals surface area contributed by atoms with Crippen molar-refractivity contribution < 1.29 is 4.79 Å². The molecule has 3 aromatic rings. The van der Waals surface area contributed by atoms with Gasteiger partial charge in [-0.15, -0.1) is 10.2 Å². The summed E-state index contributed by atoms with van der Waals surface area (Å²) in [5.41, 5.74) is 3.01. The molecule has 26 heavy (non-hydrogen) atoms. The minimum Gasteiger partial charge on any atom is -0.335 e. The van der Waals surface area contributed by atoms with Crippen molar-refractivity contribution in [1.82, 2.24) is 30.1 Å². The monoisotopic (exact) mass is 390 g/mol. The Morgan fingerprint density at radius 1 is 1.38 bits per heavy atom. The summed E-state index contributed by atoms with van der Waals surface area (Å²) in [7, 11) is 0. The van der Waals surface area contributed by atoms with Gasteiger partial charge in [-0.3, -0.25) is 9.89 Å². The number of H-pyrrole nitrogens is 1. The summed E-state index contributed by atoms with van der Waals surface area (Å²) < 4.78 is 1.37. The van der Waals surface area contributed by atoms with Gasteiger partial charge in [0.25, 0.3) is 0 Å². The third-order valence-corrected chi connectivity index (χ3v) is 5.18. The molecule has 0 unspecified atom stereocenters. The molecule has 0 fully saturated rings. The van der Waals surface area contributed by atoms with E-state index in [-0.39, 0.29) is 11.7 Å². The fourth-order valence-corrected chi connectivity index (χ4v) is 3.57. The van der Waals surface area contributed by atoms with E-state index in [9.17, 15) is 4.79 Å². The highest BCUT2D eigenvalue weighted by molar-refractivity contribution is 7.99. The van der Waals surface area contributed by atoms with Gasteiger partial charge < -0.3 is 11.2 Å². The molecule has 0 spiro atoms. The third kappa shape index (κ3) is 3.25. The lowest BCUT2D eigenvalue weighted by Crippen LogP contribution is -2.17. The Labute approximate surface area is 157 Å². The van der Waals surface area contributed by atoms with Gasteiger partial charge in [-0.1, -0.05) is 23.4 Å². The molecule has 0 atom stereocenters. The van der Waals surface area contributed by atoms with E-state index in [4.69, 9.17) is 17.4 Å². The van der Waals surface area contributed by atoms with Crippen LogP contribution in [-0.4, -0.2) is 41.7 Å². The van der Waals surface area contributed by atoms with Gasteiger partial charge in [-0.25, -0.2) is 9.66 Å². The number of carbonyl (C=O) groups excluding carboxylic acids is 1. The van der Waals surface area contributed by atoms with Gasteiger partial charge >= 0.3 is 0 Å². The number of nitrogens with one attached hydrogen (secondary N) is 2. The van der Waals surface area contributed by atoms with Gasteiger partial charge in [0.2, 0.25) is 16.9 Å². The molecule has 11 heteroatoms. The lowest BCUT2D eigenvalue weighted by molar-refractivity contribution is -0.113. The first kappa shape index (κ1) is 16.9. The second-order valence-corrected chi connectivity index (χ2v) is 7.14. The van der Waals surface area contributed by atoms with Crippen molar-refractivity contribution in [1.29, 1.82) is 0 Å². The number of aryl methyl sites for hydroxylation is 1. The van der Waals surface area contributed by atoms with Gasteiger partial charge in [0.05, 0.1) is 10.8 Å². The first-order valence-electron chi connectivity index (χ1n) is 7.93. The minimum atomic E-state index is -0.227. The number of thioether (sulfide) groups is 1. The molecule has 3 heterocycles. The molecule has 3 aromatic heterocycles. The van der Waals surface area contributed by atoms with Gasteiger partial charge in [0.15, 0.2) is 0 Å². The van der Waals surface area contributed by atoms with E-state index in [1.165, 1.54) is 22.6 Å². The molecule has 0 saturated heterocycles. The van der Waals surface area contributed by atoms with Crippen LogP contribution in [0.3, 0.4) is 0 Å². The van der Waals surface area contributed by atoms with Crippen molar-refractivity contribution >= 4 is 35.1 Å². The number of fused-ring (bicyclic) bond motifs is 1. The molecule has 4 rings (SSSR count). The smallest absolute Gasteiger partial charge is 0.236 e. The Kier molecular flexibility index (Phi) is 4.51. The standard InChI is InChI=1S/C15H15ClN8OS/c16-8-4-5-11(18-6-8)19-12(25)7-26-15-23-22-14(24(15)17)13-9-2-1-3-10(9)20-21-13/h4-6H,1-3,7,17H2,(H,20,21)(H,18,19,25). The average molecular weight is 391 g/mol. The summed E-state index contributed by atoms with van der Waals surface area (Å²) in [5.74, 6) is 6.92. The molecule has 1 aliphatic carbocycles. The summed E-state index contributed by atoms with van der Waals surface area (Å²) in [6, 6.07) is 3.29. The molecule has 0 bridgehead atoms. The molecule has 4 N–H and O–H groups in total. The fourth-order valence-electron chi connectivity index (χ4n) is 2.80. The number of nitrogens with zero attached hydrogens (tertiary/aromatic N) is 5. The SMILES string of the molecule is Nn1c(SCC(=O)Nc2ccc(Cl)cn2)nnc1-c1n[nH]c2c1CCC2. The highest BCUT2D eigenvalue weighted by Gasteiger charge is 2.24. The Morgan fingerprint density at radius 2 is 2.27 bits per heavy atom. The largest absolute Gasteiger partial charge is 0.335 e. The summed E-state index contributed by atoms with van der Waals surface area (Å²) in [5, 5.41) is 19.2. The first-order valence-corrected chi connectivity index (χ1v) is 9.29. The van der Waals surface area contributed by atoms with Crippen molar-refractivity contribution in [2.45, 2.75) is 24.4 Å². The van der Waals surface area contributed by atoms with Crippen LogP contribution in [0.25, 0.3) is 11.5 Å². The molecule has 1 aliphatic rings. The molecular formula is C15H15ClN8OS. The number of hydrogen-bond acceptors (Lipinski definition) is 7. The Hall–Kier alpha value is -2.59.